The van der Waals surface area contributed by atoms with Crippen molar-refractivity contribution >= 4 is 16.6 Å². The molecular formula is C16H22N2O. The number of benzene rings is 1. The Hall–Kier alpha value is -1.77. The third-order valence-electron chi connectivity index (χ3n) is 3.13. The number of rotatable bonds is 3. The fourth-order valence-electron chi connectivity index (χ4n) is 2.05. The summed E-state index contributed by atoms with van der Waals surface area (Å²) in [6.45, 7) is 9.19. The van der Waals surface area contributed by atoms with Crippen LogP contribution < -0.4 is 10.1 Å². The van der Waals surface area contributed by atoms with Gasteiger partial charge in [0.25, 0.3) is 0 Å². The highest BCUT2D eigenvalue weighted by molar-refractivity contribution is 5.92. The molecule has 0 unspecified atom stereocenters. The van der Waals surface area contributed by atoms with E-state index in [9.17, 15) is 0 Å². The van der Waals surface area contributed by atoms with Crippen molar-refractivity contribution in [2.24, 2.45) is 0 Å². The standard InChI is InChI=1S/C16H22N2O/c1-6-19-11-7-8-13-12(9-11)14(17-5)10-15(18-13)16(2,3)4/h7-10H,6H2,1-5H3,(H,17,18). The zero-order chi connectivity index (χ0) is 14.0. The zero-order valence-electron chi connectivity index (χ0n) is 12.4. The van der Waals surface area contributed by atoms with E-state index in [0.29, 0.717) is 6.61 Å². The maximum atomic E-state index is 5.56. The Balaban J connectivity index is 2.63. The van der Waals surface area contributed by atoms with Crippen molar-refractivity contribution in [3.05, 3.63) is 30.0 Å². The molecule has 0 saturated heterocycles. The van der Waals surface area contributed by atoms with E-state index in [2.05, 4.69) is 32.2 Å². The minimum absolute atomic E-state index is 0.0401. The summed E-state index contributed by atoms with van der Waals surface area (Å²) in [5, 5.41) is 4.35. The lowest BCUT2D eigenvalue weighted by Gasteiger charge is -2.20. The molecule has 0 saturated carbocycles. The van der Waals surface area contributed by atoms with Crippen LogP contribution in [0.15, 0.2) is 24.3 Å². The van der Waals surface area contributed by atoms with Gasteiger partial charge in [0.05, 0.1) is 12.1 Å². The molecule has 1 N–H and O–H groups in total. The van der Waals surface area contributed by atoms with Crippen LogP contribution in [0.3, 0.4) is 0 Å². The van der Waals surface area contributed by atoms with E-state index in [4.69, 9.17) is 9.72 Å². The molecule has 19 heavy (non-hydrogen) atoms. The van der Waals surface area contributed by atoms with Gasteiger partial charge in [-0.3, -0.25) is 4.98 Å². The highest BCUT2D eigenvalue weighted by atomic mass is 16.5. The van der Waals surface area contributed by atoms with Crippen LogP contribution in [0, 0.1) is 0 Å². The van der Waals surface area contributed by atoms with Crippen LogP contribution in [0.2, 0.25) is 0 Å². The summed E-state index contributed by atoms with van der Waals surface area (Å²) in [6.07, 6.45) is 0. The van der Waals surface area contributed by atoms with Gasteiger partial charge in [-0.15, -0.1) is 0 Å². The summed E-state index contributed by atoms with van der Waals surface area (Å²) in [4.78, 5) is 4.76. The number of hydrogen-bond donors (Lipinski definition) is 1. The lowest BCUT2D eigenvalue weighted by atomic mass is 9.90. The molecule has 0 amide bonds. The van der Waals surface area contributed by atoms with E-state index in [0.717, 1.165) is 28.0 Å². The number of hydrogen-bond acceptors (Lipinski definition) is 3. The molecule has 0 radical (unpaired) electrons. The van der Waals surface area contributed by atoms with Gasteiger partial charge < -0.3 is 10.1 Å². The molecule has 1 heterocycles. The van der Waals surface area contributed by atoms with Crippen molar-refractivity contribution in [3.8, 4) is 5.75 Å². The van der Waals surface area contributed by atoms with Crippen molar-refractivity contribution in [1.82, 2.24) is 4.98 Å². The molecule has 0 spiro atoms. The number of ether oxygens (including phenoxy) is 1. The van der Waals surface area contributed by atoms with Crippen molar-refractivity contribution in [1.29, 1.82) is 0 Å². The summed E-state index contributed by atoms with van der Waals surface area (Å²) in [6, 6.07) is 8.17. The molecule has 3 nitrogen and oxygen atoms in total. The molecule has 1 aromatic heterocycles. The fourth-order valence-corrected chi connectivity index (χ4v) is 2.05. The van der Waals surface area contributed by atoms with Crippen LogP contribution in [-0.4, -0.2) is 18.6 Å². The first-order valence-electron chi connectivity index (χ1n) is 6.71. The molecule has 2 rings (SSSR count). The van der Waals surface area contributed by atoms with Gasteiger partial charge in [0.15, 0.2) is 0 Å². The molecular weight excluding hydrogens is 236 g/mol. The summed E-state index contributed by atoms with van der Waals surface area (Å²) in [5.41, 5.74) is 3.23. The lowest BCUT2D eigenvalue weighted by molar-refractivity contribution is 0.340. The second-order valence-corrected chi connectivity index (χ2v) is 5.67. The maximum Gasteiger partial charge on any atom is 0.120 e. The number of nitrogens with zero attached hydrogens (tertiary/aromatic N) is 1. The van der Waals surface area contributed by atoms with Crippen molar-refractivity contribution < 1.29 is 4.74 Å². The quantitative estimate of drug-likeness (QED) is 0.904. The van der Waals surface area contributed by atoms with E-state index >= 15 is 0 Å². The molecule has 1 aromatic carbocycles. The normalized spacial score (nSPS) is 11.6. The summed E-state index contributed by atoms with van der Waals surface area (Å²) < 4.78 is 5.56. The predicted molar refractivity (Wildman–Crippen MR) is 81.2 cm³/mol. The van der Waals surface area contributed by atoms with Crippen LogP contribution in [0.25, 0.3) is 10.9 Å². The average Bonchev–Trinajstić information content (AvgIpc) is 2.36. The molecule has 0 atom stereocenters. The smallest absolute Gasteiger partial charge is 0.120 e. The number of nitrogens with one attached hydrogen (secondary N) is 1. The molecule has 0 bridgehead atoms. The van der Waals surface area contributed by atoms with Crippen LogP contribution in [-0.2, 0) is 5.41 Å². The highest BCUT2D eigenvalue weighted by Crippen LogP contribution is 2.31. The maximum absolute atomic E-state index is 5.56. The van der Waals surface area contributed by atoms with Gasteiger partial charge >= 0.3 is 0 Å². The van der Waals surface area contributed by atoms with Gasteiger partial charge in [-0.1, -0.05) is 20.8 Å². The van der Waals surface area contributed by atoms with Crippen molar-refractivity contribution in [3.63, 3.8) is 0 Å². The SMILES string of the molecule is CCOc1ccc2nc(C(C)(C)C)cc(NC)c2c1. The Labute approximate surface area is 115 Å². The van der Waals surface area contributed by atoms with Gasteiger partial charge in [0.2, 0.25) is 0 Å². The van der Waals surface area contributed by atoms with Gasteiger partial charge in [0.1, 0.15) is 5.75 Å². The molecule has 0 aliphatic carbocycles. The van der Waals surface area contributed by atoms with Crippen molar-refractivity contribution in [2.75, 3.05) is 19.0 Å². The Morgan fingerprint density at radius 1 is 1.21 bits per heavy atom. The van der Waals surface area contributed by atoms with Gasteiger partial charge in [-0.05, 0) is 31.2 Å². The van der Waals surface area contributed by atoms with E-state index in [1.165, 1.54) is 0 Å². The van der Waals surface area contributed by atoms with Gasteiger partial charge in [0, 0.05) is 29.2 Å². The monoisotopic (exact) mass is 258 g/mol. The molecule has 0 fully saturated rings. The van der Waals surface area contributed by atoms with Crippen LogP contribution in [0.1, 0.15) is 33.4 Å². The summed E-state index contributed by atoms with van der Waals surface area (Å²) in [5.74, 6) is 0.886. The zero-order valence-corrected chi connectivity index (χ0v) is 12.4. The minimum Gasteiger partial charge on any atom is -0.494 e. The third kappa shape index (κ3) is 2.80. The Morgan fingerprint density at radius 2 is 1.95 bits per heavy atom. The number of fused-ring (bicyclic) bond motifs is 1. The predicted octanol–water partition coefficient (Wildman–Crippen LogP) is 3.97. The Bertz CT molecular complexity index is 585. The lowest BCUT2D eigenvalue weighted by Crippen LogP contribution is -2.14. The Kier molecular flexibility index (Phi) is 3.65. The van der Waals surface area contributed by atoms with E-state index in [1.54, 1.807) is 0 Å². The number of anilines is 1. The van der Waals surface area contributed by atoms with Crippen LogP contribution >= 0.6 is 0 Å². The number of aromatic nitrogens is 1. The molecule has 2 aromatic rings. The first kappa shape index (κ1) is 13.7. The minimum atomic E-state index is 0.0401. The molecule has 102 valence electrons. The third-order valence-corrected chi connectivity index (χ3v) is 3.13. The fraction of sp³-hybridized carbons (Fsp3) is 0.438. The van der Waals surface area contributed by atoms with Gasteiger partial charge in [-0.2, -0.15) is 0 Å². The first-order valence-corrected chi connectivity index (χ1v) is 6.71. The second-order valence-electron chi connectivity index (χ2n) is 5.67. The molecule has 3 heteroatoms. The molecule has 0 aliphatic heterocycles. The first-order chi connectivity index (χ1) is 8.95. The largest absolute Gasteiger partial charge is 0.494 e. The van der Waals surface area contributed by atoms with Crippen molar-refractivity contribution in [2.45, 2.75) is 33.1 Å². The average molecular weight is 258 g/mol. The van der Waals surface area contributed by atoms with Crippen LogP contribution in [0.5, 0.6) is 5.75 Å². The topological polar surface area (TPSA) is 34.1 Å². The Morgan fingerprint density at radius 3 is 2.53 bits per heavy atom. The summed E-state index contributed by atoms with van der Waals surface area (Å²) in [7, 11) is 1.94. The van der Waals surface area contributed by atoms with E-state index in [-0.39, 0.29) is 5.41 Å². The van der Waals surface area contributed by atoms with E-state index < -0.39 is 0 Å². The highest BCUT2D eigenvalue weighted by Gasteiger charge is 2.17. The second kappa shape index (κ2) is 5.08. The van der Waals surface area contributed by atoms with Gasteiger partial charge in [-0.25, -0.2) is 0 Å². The number of pyridine rings is 1. The molecule has 0 aliphatic rings. The summed E-state index contributed by atoms with van der Waals surface area (Å²) >= 11 is 0. The van der Waals surface area contributed by atoms with E-state index in [1.807, 2.05) is 32.2 Å². The van der Waals surface area contributed by atoms with Crippen LogP contribution in [0.4, 0.5) is 5.69 Å².